The molecule has 0 saturated carbocycles. The average Bonchev–Trinajstić information content (AvgIpc) is 2.66. The number of nitrogens with one attached hydrogen (secondary N) is 1. The van der Waals surface area contributed by atoms with Gasteiger partial charge in [-0.05, 0) is 12.8 Å². The number of aliphatic hydroxyl groups is 1. The molecular weight excluding hydrogens is 389 g/mol. The predicted octanol–water partition coefficient (Wildman–Crippen LogP) is 2.69. The first-order valence-corrected chi connectivity index (χ1v) is 11.5. The van der Waals surface area contributed by atoms with E-state index in [1.165, 1.54) is 0 Å². The van der Waals surface area contributed by atoms with E-state index in [2.05, 4.69) is 16.8 Å². The fourth-order valence-electron chi connectivity index (χ4n) is 2.18. The molecule has 0 aliphatic heterocycles. The van der Waals surface area contributed by atoms with Crippen LogP contribution in [0.3, 0.4) is 0 Å². The Bertz CT molecular complexity index is 475. The summed E-state index contributed by atoms with van der Waals surface area (Å²) in [6.45, 7) is 3.11. The van der Waals surface area contributed by atoms with Crippen molar-refractivity contribution in [2.24, 2.45) is 0 Å². The summed E-state index contributed by atoms with van der Waals surface area (Å²) in [7, 11) is -4.36. The summed E-state index contributed by atoms with van der Waals surface area (Å²) in [4.78, 5) is 32.4. The number of phosphoric acid groups is 1. The normalized spacial score (nSPS) is 14.3. The van der Waals surface area contributed by atoms with E-state index in [1.807, 2.05) is 6.92 Å². The van der Waals surface area contributed by atoms with Crippen LogP contribution in [0.4, 0.5) is 0 Å². The molecule has 0 aliphatic carbocycles. The van der Waals surface area contributed by atoms with E-state index in [0.717, 1.165) is 38.5 Å². The van der Waals surface area contributed by atoms with Crippen LogP contribution >= 0.6 is 7.82 Å². The Kier molecular flexibility index (Phi) is 16.3. The second kappa shape index (κ2) is 16.9. The van der Waals surface area contributed by atoms with Crippen LogP contribution in [0.1, 0.15) is 71.6 Å². The predicted molar refractivity (Wildman–Crippen MR) is 105 cm³/mol. The third kappa shape index (κ3) is 17.1. The monoisotopic (exact) mass is 425 g/mol. The number of ether oxygens (including phenoxy) is 1. The highest BCUT2D eigenvalue weighted by Gasteiger charge is 2.23. The summed E-state index contributed by atoms with van der Waals surface area (Å²) in [5.41, 5.74) is 0. The Hall–Kier alpha value is -0.990. The van der Waals surface area contributed by atoms with Crippen LogP contribution in [-0.4, -0.2) is 54.3 Å². The quantitative estimate of drug-likeness (QED) is 0.174. The number of amides is 1. The second-order valence-electron chi connectivity index (χ2n) is 6.55. The molecule has 0 aromatic rings. The van der Waals surface area contributed by atoms with Gasteiger partial charge in [-0.15, -0.1) is 0 Å². The third-order valence-corrected chi connectivity index (χ3v) is 4.77. The maximum atomic E-state index is 11.7. The first-order chi connectivity index (χ1) is 13.3. The molecule has 0 rings (SSSR count). The van der Waals surface area contributed by atoms with Crippen molar-refractivity contribution < 1.29 is 37.9 Å². The van der Waals surface area contributed by atoms with Crippen molar-refractivity contribution in [1.82, 2.24) is 5.32 Å². The third-order valence-electron chi connectivity index (χ3n) is 3.79. The van der Waals surface area contributed by atoms with Gasteiger partial charge in [0, 0.05) is 19.4 Å². The molecule has 0 aromatic carbocycles. The number of phosphoric ester groups is 1. The summed E-state index contributed by atoms with van der Waals surface area (Å²) >= 11 is 0. The van der Waals surface area contributed by atoms with E-state index in [0.29, 0.717) is 12.8 Å². The van der Waals surface area contributed by atoms with Gasteiger partial charge in [0.05, 0.1) is 13.2 Å². The zero-order valence-electron chi connectivity index (χ0n) is 17.1. The molecule has 166 valence electrons. The molecule has 1 amide bonds. The Labute approximate surface area is 167 Å². The van der Waals surface area contributed by atoms with E-state index < -0.39 is 26.5 Å². The smallest absolute Gasteiger partial charge is 0.463 e. The molecule has 0 aromatic heterocycles. The Morgan fingerprint density at radius 1 is 0.964 bits per heavy atom. The summed E-state index contributed by atoms with van der Waals surface area (Å²) < 4.78 is 25.9. The lowest BCUT2D eigenvalue weighted by molar-refractivity contribution is -0.147. The van der Waals surface area contributed by atoms with Gasteiger partial charge in [-0.2, -0.15) is 0 Å². The molecule has 0 spiro atoms. The van der Waals surface area contributed by atoms with Crippen LogP contribution in [0.5, 0.6) is 0 Å². The minimum atomic E-state index is -4.36. The molecule has 2 atom stereocenters. The maximum Gasteiger partial charge on any atom is 0.472 e. The highest BCUT2D eigenvalue weighted by Crippen LogP contribution is 2.42. The Balaban J connectivity index is 3.77. The van der Waals surface area contributed by atoms with Crippen molar-refractivity contribution in [3.05, 3.63) is 0 Å². The van der Waals surface area contributed by atoms with Gasteiger partial charge in [-0.1, -0.05) is 46.0 Å². The Morgan fingerprint density at radius 3 is 2.32 bits per heavy atom. The number of aliphatic hydroxyl groups excluding tert-OH is 1. The van der Waals surface area contributed by atoms with E-state index >= 15 is 0 Å². The number of unbranched alkanes of at least 4 members (excludes halogenated alkanes) is 5. The number of esters is 1. The lowest BCUT2D eigenvalue weighted by Gasteiger charge is -2.15. The molecule has 0 radical (unpaired) electrons. The van der Waals surface area contributed by atoms with Crippen LogP contribution in [0.2, 0.25) is 0 Å². The number of carbonyl (C=O) groups excluding carboxylic acids is 2. The summed E-state index contributed by atoms with van der Waals surface area (Å²) in [6, 6.07) is 0. The summed E-state index contributed by atoms with van der Waals surface area (Å²) in [5.74, 6) is -0.570. The van der Waals surface area contributed by atoms with Gasteiger partial charge in [-0.25, -0.2) is 4.57 Å². The molecule has 3 N–H and O–H groups in total. The number of carbonyl (C=O) groups is 2. The molecule has 2 unspecified atom stereocenters. The molecule has 9 nitrogen and oxygen atoms in total. The topological polar surface area (TPSA) is 131 Å². The molecule has 0 aliphatic rings. The molecule has 0 heterocycles. The van der Waals surface area contributed by atoms with Crippen LogP contribution in [0.15, 0.2) is 0 Å². The molecule has 0 saturated heterocycles. The van der Waals surface area contributed by atoms with Crippen molar-refractivity contribution in [1.29, 1.82) is 0 Å². The Morgan fingerprint density at radius 2 is 1.64 bits per heavy atom. The second-order valence-corrected chi connectivity index (χ2v) is 8.01. The highest BCUT2D eigenvalue weighted by atomic mass is 31.2. The van der Waals surface area contributed by atoms with Gasteiger partial charge in [0.15, 0.2) is 0 Å². The van der Waals surface area contributed by atoms with E-state index in [9.17, 15) is 24.2 Å². The molecule has 28 heavy (non-hydrogen) atoms. The van der Waals surface area contributed by atoms with Crippen molar-refractivity contribution in [3.63, 3.8) is 0 Å². The minimum absolute atomic E-state index is 0.0826. The fraction of sp³-hybridized carbons (Fsp3) is 0.889. The van der Waals surface area contributed by atoms with Crippen molar-refractivity contribution in [2.45, 2.75) is 77.7 Å². The van der Waals surface area contributed by atoms with Gasteiger partial charge in [-0.3, -0.25) is 18.6 Å². The van der Waals surface area contributed by atoms with E-state index in [4.69, 9.17) is 9.26 Å². The standard InChI is InChI=1S/C18H36NO8P/c1-3-5-7-8-9-10-17(21)19-12-13-26-28(23,24)27-15-16(20)14-25-18(22)11-6-4-2/h16,20H,3-15H2,1-2H3,(H,19,21)(H,23,24). The van der Waals surface area contributed by atoms with Gasteiger partial charge in [0.1, 0.15) is 12.7 Å². The number of rotatable bonds is 18. The fourth-order valence-corrected chi connectivity index (χ4v) is 2.93. The molecule has 10 heteroatoms. The lowest BCUT2D eigenvalue weighted by atomic mass is 10.1. The first kappa shape index (κ1) is 27.0. The summed E-state index contributed by atoms with van der Waals surface area (Å²) in [6.07, 6.45) is 6.24. The molecular formula is C18H36NO8P. The SMILES string of the molecule is CCCCCCCC(=O)NCCOP(=O)(O)OCC(O)COC(=O)CCCC. The van der Waals surface area contributed by atoms with Gasteiger partial charge >= 0.3 is 13.8 Å². The van der Waals surface area contributed by atoms with Gasteiger partial charge < -0.3 is 20.1 Å². The number of hydrogen-bond donors (Lipinski definition) is 3. The van der Waals surface area contributed by atoms with Gasteiger partial charge in [0.2, 0.25) is 5.91 Å². The first-order valence-electron chi connectivity index (χ1n) is 10.0. The van der Waals surface area contributed by atoms with E-state index in [-0.39, 0.29) is 32.1 Å². The molecule has 0 bridgehead atoms. The van der Waals surface area contributed by atoms with Crippen molar-refractivity contribution >= 4 is 19.7 Å². The average molecular weight is 425 g/mol. The summed E-state index contributed by atoms with van der Waals surface area (Å²) in [5, 5.41) is 12.2. The lowest BCUT2D eigenvalue weighted by Crippen LogP contribution is -2.27. The molecule has 0 fully saturated rings. The van der Waals surface area contributed by atoms with Crippen LogP contribution in [0.25, 0.3) is 0 Å². The zero-order chi connectivity index (χ0) is 21.3. The van der Waals surface area contributed by atoms with Crippen molar-refractivity contribution in [2.75, 3.05) is 26.4 Å². The zero-order valence-corrected chi connectivity index (χ0v) is 18.0. The maximum absolute atomic E-state index is 11.7. The highest BCUT2D eigenvalue weighted by molar-refractivity contribution is 7.47. The number of hydrogen-bond acceptors (Lipinski definition) is 7. The van der Waals surface area contributed by atoms with E-state index in [1.54, 1.807) is 0 Å². The van der Waals surface area contributed by atoms with Crippen molar-refractivity contribution in [3.8, 4) is 0 Å². The van der Waals surface area contributed by atoms with Crippen LogP contribution in [-0.2, 0) is 27.9 Å². The largest absolute Gasteiger partial charge is 0.472 e. The minimum Gasteiger partial charge on any atom is -0.463 e. The van der Waals surface area contributed by atoms with Gasteiger partial charge in [0.25, 0.3) is 0 Å². The van der Waals surface area contributed by atoms with Crippen LogP contribution < -0.4 is 5.32 Å². The van der Waals surface area contributed by atoms with Crippen LogP contribution in [0, 0.1) is 0 Å².